The predicted molar refractivity (Wildman–Crippen MR) is 87.5 cm³/mol. The average molecular weight is 320 g/mol. The third-order valence-corrected chi connectivity index (χ3v) is 4.47. The Bertz CT molecular complexity index is 569. The molecular formula is C18H25FN2O2. The third-order valence-electron chi connectivity index (χ3n) is 4.47. The Morgan fingerprint density at radius 3 is 2.61 bits per heavy atom. The van der Waals surface area contributed by atoms with Gasteiger partial charge in [0.15, 0.2) is 5.78 Å². The van der Waals surface area contributed by atoms with Gasteiger partial charge in [-0.15, -0.1) is 0 Å². The van der Waals surface area contributed by atoms with Gasteiger partial charge in [0.25, 0.3) is 0 Å². The number of hydrogen-bond acceptors (Lipinski definition) is 3. The van der Waals surface area contributed by atoms with Crippen LogP contribution in [0.25, 0.3) is 0 Å². The normalized spacial score (nSPS) is 20.9. The maximum absolute atomic E-state index is 13.0. The molecule has 0 aromatic heterocycles. The van der Waals surface area contributed by atoms with Gasteiger partial charge in [0, 0.05) is 24.6 Å². The molecule has 0 saturated carbocycles. The highest BCUT2D eigenvalue weighted by Crippen LogP contribution is 2.24. The maximum Gasteiger partial charge on any atom is 0.242 e. The van der Waals surface area contributed by atoms with Gasteiger partial charge in [-0.25, -0.2) is 4.39 Å². The van der Waals surface area contributed by atoms with Crippen molar-refractivity contribution in [2.45, 2.75) is 45.1 Å². The van der Waals surface area contributed by atoms with Crippen LogP contribution in [0.1, 0.15) is 49.9 Å². The van der Waals surface area contributed by atoms with Crippen LogP contribution in [0.4, 0.5) is 4.39 Å². The molecule has 1 aromatic rings. The first kappa shape index (κ1) is 17.6. The maximum atomic E-state index is 13.0. The second kappa shape index (κ2) is 7.21. The number of carbonyl (C=O) groups excluding carboxylic acids is 2. The Hall–Kier alpha value is -1.75. The summed E-state index contributed by atoms with van der Waals surface area (Å²) in [6.45, 7) is 4.79. The Morgan fingerprint density at radius 1 is 1.35 bits per heavy atom. The molecule has 0 spiro atoms. The fourth-order valence-corrected chi connectivity index (χ4v) is 3.21. The fourth-order valence-electron chi connectivity index (χ4n) is 3.21. The number of Topliss-reactive ketones (excluding diaryl/α,β-unsaturated/α-hetero) is 1. The van der Waals surface area contributed by atoms with Crippen molar-refractivity contribution in [3.63, 3.8) is 0 Å². The van der Waals surface area contributed by atoms with E-state index in [9.17, 15) is 14.0 Å². The molecule has 1 aromatic carbocycles. The third kappa shape index (κ3) is 4.16. The number of amides is 1. The summed E-state index contributed by atoms with van der Waals surface area (Å²) in [5.74, 6) is -0.719. The molecule has 126 valence electrons. The molecule has 0 aliphatic carbocycles. The van der Waals surface area contributed by atoms with E-state index >= 15 is 0 Å². The smallest absolute Gasteiger partial charge is 0.242 e. The number of nitrogens with zero attached hydrogens (tertiary/aromatic N) is 1. The average Bonchev–Trinajstić information content (AvgIpc) is 2.54. The van der Waals surface area contributed by atoms with Gasteiger partial charge in [-0.1, -0.05) is 13.3 Å². The van der Waals surface area contributed by atoms with Crippen molar-refractivity contribution >= 4 is 11.7 Å². The molecule has 1 aliphatic heterocycles. The van der Waals surface area contributed by atoms with Crippen LogP contribution in [-0.4, -0.2) is 35.2 Å². The van der Waals surface area contributed by atoms with E-state index in [1.54, 1.807) is 11.8 Å². The molecule has 2 atom stereocenters. The summed E-state index contributed by atoms with van der Waals surface area (Å²) in [6.07, 6.45) is 2.99. The van der Waals surface area contributed by atoms with Crippen molar-refractivity contribution in [3.8, 4) is 0 Å². The summed E-state index contributed by atoms with van der Waals surface area (Å²) in [5, 5.41) is 0. The Morgan fingerprint density at radius 2 is 2.00 bits per heavy atom. The lowest BCUT2D eigenvalue weighted by Crippen LogP contribution is -2.56. The highest BCUT2D eigenvalue weighted by Gasteiger charge is 2.36. The van der Waals surface area contributed by atoms with Gasteiger partial charge in [-0.05, 0) is 50.5 Å². The summed E-state index contributed by atoms with van der Waals surface area (Å²) >= 11 is 0. The van der Waals surface area contributed by atoms with Crippen molar-refractivity contribution in [2.75, 3.05) is 13.1 Å². The standard InChI is InChI=1S/C18H25FN2O2/c1-3-10-18(2,20)17(23)21-11-4-5-14(12-21)16(22)13-6-8-15(19)9-7-13/h6-9,14H,3-5,10-12,20H2,1-2H3. The lowest BCUT2D eigenvalue weighted by molar-refractivity contribution is -0.138. The molecule has 1 fully saturated rings. The zero-order valence-electron chi connectivity index (χ0n) is 13.8. The number of hydrogen-bond donors (Lipinski definition) is 1. The second-order valence-electron chi connectivity index (χ2n) is 6.63. The monoisotopic (exact) mass is 320 g/mol. The first-order valence-corrected chi connectivity index (χ1v) is 8.23. The van der Waals surface area contributed by atoms with Crippen molar-refractivity contribution in [2.24, 2.45) is 11.7 Å². The molecule has 5 heteroatoms. The number of ketones is 1. The lowest BCUT2D eigenvalue weighted by Gasteiger charge is -2.37. The Labute approximate surface area is 136 Å². The highest BCUT2D eigenvalue weighted by molar-refractivity contribution is 5.98. The molecule has 23 heavy (non-hydrogen) atoms. The molecule has 1 amide bonds. The van der Waals surface area contributed by atoms with Gasteiger partial charge in [0.2, 0.25) is 5.91 Å². The molecule has 1 aliphatic rings. The molecular weight excluding hydrogens is 295 g/mol. The topological polar surface area (TPSA) is 63.4 Å². The molecule has 1 saturated heterocycles. The summed E-state index contributed by atoms with van der Waals surface area (Å²) < 4.78 is 13.0. The van der Waals surface area contributed by atoms with E-state index in [1.165, 1.54) is 24.3 Å². The van der Waals surface area contributed by atoms with Gasteiger partial charge < -0.3 is 10.6 Å². The van der Waals surface area contributed by atoms with Gasteiger partial charge in [-0.2, -0.15) is 0 Å². The summed E-state index contributed by atoms with van der Waals surface area (Å²) in [5.41, 5.74) is 5.75. The zero-order chi connectivity index (χ0) is 17.0. The van der Waals surface area contributed by atoms with Crippen LogP contribution in [-0.2, 0) is 4.79 Å². The minimum Gasteiger partial charge on any atom is -0.340 e. The van der Waals surface area contributed by atoms with Crippen molar-refractivity contribution in [1.82, 2.24) is 4.90 Å². The number of nitrogens with two attached hydrogens (primary N) is 1. The Balaban J connectivity index is 2.07. The second-order valence-corrected chi connectivity index (χ2v) is 6.63. The molecule has 2 N–H and O–H groups in total. The SMILES string of the molecule is CCCC(C)(N)C(=O)N1CCCC(C(=O)c2ccc(F)cc2)C1. The number of piperidine rings is 1. The molecule has 4 nitrogen and oxygen atoms in total. The number of halogens is 1. The van der Waals surface area contributed by atoms with E-state index < -0.39 is 5.54 Å². The Kier molecular flexibility index (Phi) is 5.52. The van der Waals surface area contributed by atoms with Crippen LogP contribution in [0.5, 0.6) is 0 Å². The summed E-state index contributed by atoms with van der Waals surface area (Å²) in [4.78, 5) is 26.9. The van der Waals surface area contributed by atoms with Crippen molar-refractivity contribution in [1.29, 1.82) is 0 Å². The molecule has 0 radical (unpaired) electrons. The lowest BCUT2D eigenvalue weighted by atomic mass is 9.88. The van der Waals surface area contributed by atoms with Gasteiger partial charge in [-0.3, -0.25) is 9.59 Å². The van der Waals surface area contributed by atoms with Crippen LogP contribution in [0, 0.1) is 11.7 Å². The molecule has 0 bridgehead atoms. The van der Waals surface area contributed by atoms with E-state index in [1.807, 2.05) is 6.92 Å². The molecule has 1 heterocycles. The van der Waals surface area contributed by atoms with Crippen LogP contribution in [0.3, 0.4) is 0 Å². The summed E-state index contributed by atoms with van der Waals surface area (Å²) in [7, 11) is 0. The predicted octanol–water partition coefficient (Wildman–Crippen LogP) is 2.76. The van der Waals surface area contributed by atoms with Crippen LogP contribution in [0.15, 0.2) is 24.3 Å². The number of benzene rings is 1. The minimum absolute atomic E-state index is 0.0308. The van der Waals surface area contributed by atoms with E-state index in [-0.39, 0.29) is 23.4 Å². The fraction of sp³-hybridized carbons (Fsp3) is 0.556. The van der Waals surface area contributed by atoms with Gasteiger partial charge >= 0.3 is 0 Å². The number of rotatable bonds is 5. The molecule has 2 rings (SSSR count). The van der Waals surface area contributed by atoms with Crippen LogP contribution in [0.2, 0.25) is 0 Å². The van der Waals surface area contributed by atoms with E-state index in [0.717, 1.165) is 19.3 Å². The number of carbonyl (C=O) groups is 2. The van der Waals surface area contributed by atoms with Gasteiger partial charge in [0.1, 0.15) is 5.82 Å². The summed E-state index contributed by atoms with van der Waals surface area (Å²) in [6, 6.07) is 5.58. The van der Waals surface area contributed by atoms with E-state index in [0.29, 0.717) is 25.1 Å². The first-order valence-electron chi connectivity index (χ1n) is 8.23. The van der Waals surface area contributed by atoms with Crippen LogP contribution >= 0.6 is 0 Å². The largest absolute Gasteiger partial charge is 0.340 e. The minimum atomic E-state index is -0.879. The van der Waals surface area contributed by atoms with Gasteiger partial charge in [0.05, 0.1) is 5.54 Å². The van der Waals surface area contributed by atoms with E-state index in [2.05, 4.69) is 0 Å². The first-order chi connectivity index (χ1) is 10.8. The zero-order valence-corrected chi connectivity index (χ0v) is 13.8. The van der Waals surface area contributed by atoms with E-state index in [4.69, 9.17) is 5.73 Å². The van der Waals surface area contributed by atoms with Crippen molar-refractivity contribution in [3.05, 3.63) is 35.6 Å². The molecule has 2 unspecified atom stereocenters. The highest BCUT2D eigenvalue weighted by atomic mass is 19.1. The number of likely N-dealkylation sites (tertiary alicyclic amines) is 1. The van der Waals surface area contributed by atoms with Crippen LogP contribution < -0.4 is 5.73 Å². The quantitative estimate of drug-likeness (QED) is 0.849. The van der Waals surface area contributed by atoms with Crippen molar-refractivity contribution < 1.29 is 14.0 Å².